The van der Waals surface area contributed by atoms with Crippen molar-refractivity contribution >= 4 is 28.3 Å². The molecule has 3 aromatic rings. The van der Waals surface area contributed by atoms with Crippen molar-refractivity contribution < 1.29 is 4.92 Å². The van der Waals surface area contributed by atoms with Crippen molar-refractivity contribution in [3.8, 4) is 5.69 Å². The number of non-ortho nitro benzene ring substituents is 1. The van der Waals surface area contributed by atoms with Crippen molar-refractivity contribution in [1.82, 2.24) is 14.5 Å². The second kappa shape index (κ2) is 4.33. The van der Waals surface area contributed by atoms with Gasteiger partial charge in [0.2, 0.25) is 5.28 Å². The van der Waals surface area contributed by atoms with E-state index in [2.05, 4.69) is 9.97 Å². The zero-order valence-corrected chi connectivity index (χ0v) is 10.3. The molecule has 1 aromatic carbocycles. The Morgan fingerprint density at radius 2 is 2.16 bits per heavy atom. The van der Waals surface area contributed by atoms with Crippen LogP contribution in [0.5, 0.6) is 0 Å². The number of fused-ring (bicyclic) bond motifs is 1. The largest absolute Gasteiger partial charge is 0.301 e. The molecule has 94 valence electrons. The number of hydrogen-bond donors (Lipinski definition) is 0. The molecule has 0 bridgehead atoms. The van der Waals surface area contributed by atoms with Gasteiger partial charge in [-0.1, -0.05) is 6.07 Å². The van der Waals surface area contributed by atoms with Crippen molar-refractivity contribution in [2.75, 3.05) is 0 Å². The normalized spacial score (nSPS) is 10.8. The molecule has 7 heteroatoms. The first-order valence-corrected chi connectivity index (χ1v) is 5.77. The number of aromatic nitrogens is 3. The maximum Gasteiger partial charge on any atom is 0.271 e. The summed E-state index contributed by atoms with van der Waals surface area (Å²) in [7, 11) is 0. The van der Waals surface area contributed by atoms with E-state index in [1.807, 2.05) is 6.07 Å². The number of nitro benzene ring substituents is 1. The summed E-state index contributed by atoms with van der Waals surface area (Å²) >= 11 is 5.77. The average Bonchev–Trinajstić information content (AvgIpc) is 2.81. The molecular weight excluding hydrogens is 268 g/mol. The van der Waals surface area contributed by atoms with E-state index < -0.39 is 4.92 Å². The Morgan fingerprint density at radius 3 is 2.95 bits per heavy atom. The van der Waals surface area contributed by atoms with Crippen LogP contribution in [0.2, 0.25) is 5.28 Å². The fourth-order valence-electron chi connectivity index (χ4n) is 1.86. The van der Waals surface area contributed by atoms with Gasteiger partial charge < -0.3 is 4.57 Å². The predicted molar refractivity (Wildman–Crippen MR) is 70.5 cm³/mol. The molecule has 0 aliphatic carbocycles. The third-order valence-corrected chi connectivity index (χ3v) is 2.90. The third kappa shape index (κ3) is 2.02. The molecular formula is C12H7ClN4O2. The molecule has 0 fully saturated rings. The molecule has 2 aromatic heterocycles. The van der Waals surface area contributed by atoms with E-state index in [-0.39, 0.29) is 11.0 Å². The van der Waals surface area contributed by atoms with E-state index in [1.165, 1.54) is 12.1 Å². The zero-order valence-electron chi connectivity index (χ0n) is 9.52. The maximum atomic E-state index is 10.8. The second-order valence-corrected chi connectivity index (χ2v) is 4.22. The lowest BCUT2D eigenvalue weighted by molar-refractivity contribution is -0.384. The monoisotopic (exact) mass is 274 g/mol. The molecule has 0 atom stereocenters. The van der Waals surface area contributed by atoms with Gasteiger partial charge in [0.15, 0.2) is 0 Å². The summed E-state index contributed by atoms with van der Waals surface area (Å²) in [5, 5.41) is 11.7. The van der Waals surface area contributed by atoms with E-state index in [9.17, 15) is 10.1 Å². The minimum atomic E-state index is -0.433. The van der Waals surface area contributed by atoms with Crippen LogP contribution in [0.1, 0.15) is 0 Å². The molecule has 3 rings (SSSR count). The minimum absolute atomic E-state index is 0.0273. The van der Waals surface area contributed by atoms with E-state index >= 15 is 0 Å². The first-order chi connectivity index (χ1) is 9.15. The van der Waals surface area contributed by atoms with Gasteiger partial charge in [-0.05, 0) is 23.7 Å². The van der Waals surface area contributed by atoms with Crippen LogP contribution in [0.25, 0.3) is 16.7 Å². The summed E-state index contributed by atoms with van der Waals surface area (Å²) in [4.78, 5) is 18.4. The SMILES string of the molecule is O=[N+]([O-])c1cccc(-n2ccc3cnc(Cl)nc32)c1. The van der Waals surface area contributed by atoms with E-state index in [0.717, 1.165) is 5.39 Å². The molecule has 0 unspecified atom stereocenters. The van der Waals surface area contributed by atoms with Gasteiger partial charge >= 0.3 is 0 Å². The van der Waals surface area contributed by atoms with Gasteiger partial charge in [-0.15, -0.1) is 0 Å². The summed E-state index contributed by atoms with van der Waals surface area (Å²) < 4.78 is 1.73. The molecule has 0 N–H and O–H groups in total. The van der Waals surface area contributed by atoms with Gasteiger partial charge in [-0.25, -0.2) is 4.98 Å². The molecule has 0 amide bonds. The molecule has 0 saturated carbocycles. The molecule has 0 radical (unpaired) electrons. The Kier molecular flexibility index (Phi) is 2.64. The Morgan fingerprint density at radius 1 is 1.32 bits per heavy atom. The van der Waals surface area contributed by atoms with Gasteiger partial charge in [0.1, 0.15) is 5.65 Å². The van der Waals surface area contributed by atoms with Crippen LogP contribution >= 0.6 is 11.6 Å². The van der Waals surface area contributed by atoms with Crippen molar-refractivity contribution in [3.63, 3.8) is 0 Å². The second-order valence-electron chi connectivity index (χ2n) is 3.88. The molecule has 0 aliphatic heterocycles. The molecule has 0 saturated heterocycles. The quantitative estimate of drug-likeness (QED) is 0.409. The molecule has 2 heterocycles. The first kappa shape index (κ1) is 11.6. The van der Waals surface area contributed by atoms with Crippen LogP contribution in [-0.2, 0) is 0 Å². The minimum Gasteiger partial charge on any atom is -0.301 e. The molecule has 19 heavy (non-hydrogen) atoms. The van der Waals surface area contributed by atoms with Crippen LogP contribution < -0.4 is 0 Å². The lowest BCUT2D eigenvalue weighted by Gasteiger charge is -2.04. The fourth-order valence-corrected chi connectivity index (χ4v) is 1.99. The van der Waals surface area contributed by atoms with Crippen molar-refractivity contribution in [3.05, 3.63) is 58.1 Å². The summed E-state index contributed by atoms with van der Waals surface area (Å²) in [6.07, 6.45) is 3.38. The summed E-state index contributed by atoms with van der Waals surface area (Å²) in [6.45, 7) is 0. The lowest BCUT2D eigenvalue weighted by Crippen LogP contribution is -1.96. The molecule has 0 spiro atoms. The standard InChI is InChI=1S/C12H7ClN4O2/c13-12-14-7-8-4-5-16(11(8)15-12)9-2-1-3-10(6-9)17(18)19/h1-7H. The molecule has 6 nitrogen and oxygen atoms in total. The number of halogens is 1. The number of nitrogens with zero attached hydrogens (tertiary/aromatic N) is 4. The lowest BCUT2D eigenvalue weighted by atomic mass is 10.3. The first-order valence-electron chi connectivity index (χ1n) is 5.39. The summed E-state index contributed by atoms with van der Waals surface area (Å²) in [5.41, 5.74) is 1.29. The van der Waals surface area contributed by atoms with Gasteiger partial charge in [-0.2, -0.15) is 4.98 Å². The van der Waals surface area contributed by atoms with Crippen LogP contribution in [-0.4, -0.2) is 19.5 Å². The average molecular weight is 275 g/mol. The highest BCUT2D eigenvalue weighted by atomic mass is 35.5. The Bertz CT molecular complexity index is 784. The van der Waals surface area contributed by atoms with Gasteiger partial charge in [0.25, 0.3) is 5.69 Å². The molecule has 0 aliphatic rings. The predicted octanol–water partition coefficient (Wildman–Crippen LogP) is 2.98. The van der Waals surface area contributed by atoms with E-state index in [0.29, 0.717) is 11.3 Å². The third-order valence-electron chi connectivity index (χ3n) is 2.72. The van der Waals surface area contributed by atoms with Crippen LogP contribution in [0.15, 0.2) is 42.7 Å². The van der Waals surface area contributed by atoms with Crippen LogP contribution in [0, 0.1) is 10.1 Å². The van der Waals surface area contributed by atoms with Crippen LogP contribution in [0.3, 0.4) is 0 Å². The Labute approximate surface area is 112 Å². The van der Waals surface area contributed by atoms with Crippen molar-refractivity contribution in [2.24, 2.45) is 0 Å². The summed E-state index contributed by atoms with van der Waals surface area (Å²) in [6, 6.07) is 8.14. The fraction of sp³-hybridized carbons (Fsp3) is 0. The highest BCUT2D eigenvalue weighted by Crippen LogP contribution is 2.22. The highest BCUT2D eigenvalue weighted by Gasteiger charge is 2.10. The number of hydrogen-bond acceptors (Lipinski definition) is 4. The Balaban J connectivity index is 2.21. The van der Waals surface area contributed by atoms with E-state index in [4.69, 9.17) is 11.6 Å². The number of rotatable bonds is 2. The van der Waals surface area contributed by atoms with Crippen molar-refractivity contribution in [2.45, 2.75) is 0 Å². The van der Waals surface area contributed by atoms with Gasteiger partial charge in [0.05, 0.1) is 10.6 Å². The van der Waals surface area contributed by atoms with E-state index in [1.54, 1.807) is 29.1 Å². The van der Waals surface area contributed by atoms with Crippen molar-refractivity contribution in [1.29, 1.82) is 0 Å². The highest BCUT2D eigenvalue weighted by molar-refractivity contribution is 6.28. The topological polar surface area (TPSA) is 73.8 Å². The maximum absolute atomic E-state index is 10.8. The number of benzene rings is 1. The Hall–Kier alpha value is -2.47. The zero-order chi connectivity index (χ0) is 13.4. The summed E-state index contributed by atoms with van der Waals surface area (Å²) in [5.74, 6) is 0. The van der Waals surface area contributed by atoms with Crippen LogP contribution in [0.4, 0.5) is 5.69 Å². The van der Waals surface area contributed by atoms with Gasteiger partial charge in [0, 0.05) is 29.9 Å². The van der Waals surface area contributed by atoms with Gasteiger partial charge in [-0.3, -0.25) is 10.1 Å². The smallest absolute Gasteiger partial charge is 0.271 e. The number of nitro groups is 1.